The molecule has 2 aromatic carbocycles. The zero-order chi connectivity index (χ0) is 25.4. The first-order valence-corrected chi connectivity index (χ1v) is 11.5. The minimum atomic E-state index is -0.364. The van der Waals surface area contributed by atoms with Gasteiger partial charge in [0.1, 0.15) is 27.2 Å². The van der Waals surface area contributed by atoms with Crippen molar-refractivity contribution < 1.29 is 19.0 Å². The summed E-state index contributed by atoms with van der Waals surface area (Å²) >= 11 is 13.2. The number of carbonyl (C=O) groups is 1. The quantitative estimate of drug-likeness (QED) is 0.310. The summed E-state index contributed by atoms with van der Waals surface area (Å²) in [7, 11) is 4.45. The predicted octanol–water partition coefficient (Wildman–Crippen LogP) is 5.56. The molecular weight excluding hydrogens is 511 g/mol. The molecule has 0 bridgehead atoms. The highest BCUT2D eigenvalue weighted by molar-refractivity contribution is 7.21. The standard InChI is InChI=1S/C24H18Cl2N4O4S/c1-32-15-7-11(8-16(33-2)21(15)34-3)17-12(9-27)23(29)30-24-18(17)19(28)22(35-24)20(31)10-4-5-13(25)14(26)6-10/h4-8H,28H2,1-3H3,(H2,29,30). The molecule has 0 aliphatic carbocycles. The van der Waals surface area contributed by atoms with Gasteiger partial charge in [-0.15, -0.1) is 11.3 Å². The zero-order valence-corrected chi connectivity index (χ0v) is 21.1. The van der Waals surface area contributed by atoms with Crippen molar-refractivity contribution in [1.82, 2.24) is 4.98 Å². The van der Waals surface area contributed by atoms with Gasteiger partial charge in [-0.25, -0.2) is 4.98 Å². The maximum Gasteiger partial charge on any atom is 0.205 e. The molecule has 0 radical (unpaired) electrons. The molecular formula is C24H18Cl2N4O4S. The fourth-order valence-corrected chi connectivity index (χ4v) is 5.11. The molecule has 178 valence electrons. The lowest BCUT2D eigenvalue weighted by Crippen LogP contribution is -2.03. The van der Waals surface area contributed by atoms with Gasteiger partial charge in [-0.3, -0.25) is 4.79 Å². The van der Waals surface area contributed by atoms with E-state index in [1.807, 2.05) is 0 Å². The number of pyridine rings is 1. The molecule has 0 aliphatic rings. The van der Waals surface area contributed by atoms with E-state index in [2.05, 4.69) is 11.1 Å². The third kappa shape index (κ3) is 4.06. The topological polar surface area (TPSA) is 133 Å². The van der Waals surface area contributed by atoms with Crippen LogP contribution in [0.2, 0.25) is 10.0 Å². The van der Waals surface area contributed by atoms with Crippen LogP contribution in [0.15, 0.2) is 30.3 Å². The molecule has 0 spiro atoms. The maximum atomic E-state index is 13.3. The van der Waals surface area contributed by atoms with Gasteiger partial charge < -0.3 is 25.7 Å². The monoisotopic (exact) mass is 528 g/mol. The summed E-state index contributed by atoms with van der Waals surface area (Å²) in [6.07, 6.45) is 0. The second-order valence-corrected chi connectivity index (χ2v) is 9.07. The maximum absolute atomic E-state index is 13.3. The largest absolute Gasteiger partial charge is 0.493 e. The number of nitrogens with zero attached hydrogens (tertiary/aromatic N) is 2. The van der Waals surface area contributed by atoms with Crippen molar-refractivity contribution in [3.8, 4) is 34.4 Å². The Morgan fingerprint density at radius 3 is 2.23 bits per heavy atom. The van der Waals surface area contributed by atoms with Crippen LogP contribution in [0.3, 0.4) is 0 Å². The Hall–Kier alpha value is -3.71. The summed E-state index contributed by atoms with van der Waals surface area (Å²) in [5, 5.41) is 10.9. The predicted molar refractivity (Wildman–Crippen MR) is 138 cm³/mol. The number of hydrogen-bond donors (Lipinski definition) is 2. The van der Waals surface area contributed by atoms with Crippen molar-refractivity contribution in [1.29, 1.82) is 5.26 Å². The Morgan fingerprint density at radius 2 is 1.69 bits per heavy atom. The third-order valence-electron chi connectivity index (χ3n) is 5.36. The number of anilines is 2. The number of aromatic nitrogens is 1. The number of rotatable bonds is 6. The van der Waals surface area contributed by atoms with E-state index in [4.69, 9.17) is 48.9 Å². The average Bonchev–Trinajstić information content (AvgIpc) is 3.18. The Balaban J connectivity index is 2.03. The molecule has 0 aliphatic heterocycles. The fourth-order valence-electron chi connectivity index (χ4n) is 3.73. The van der Waals surface area contributed by atoms with Crippen molar-refractivity contribution in [2.75, 3.05) is 32.8 Å². The van der Waals surface area contributed by atoms with Crippen LogP contribution in [0.1, 0.15) is 20.8 Å². The van der Waals surface area contributed by atoms with Gasteiger partial charge in [0.2, 0.25) is 11.5 Å². The summed E-state index contributed by atoms with van der Waals surface area (Å²) < 4.78 is 16.3. The number of carbonyl (C=O) groups excluding carboxylic acids is 1. The highest BCUT2D eigenvalue weighted by Gasteiger charge is 2.26. The average molecular weight is 529 g/mol. The molecule has 0 fully saturated rings. The smallest absolute Gasteiger partial charge is 0.205 e. The first-order chi connectivity index (χ1) is 16.7. The summed E-state index contributed by atoms with van der Waals surface area (Å²) in [6, 6.07) is 10.0. The van der Waals surface area contributed by atoms with Gasteiger partial charge in [0.15, 0.2) is 11.5 Å². The van der Waals surface area contributed by atoms with Gasteiger partial charge in [0, 0.05) is 16.5 Å². The lowest BCUT2D eigenvalue weighted by atomic mass is 9.96. The number of hydrogen-bond acceptors (Lipinski definition) is 9. The number of methoxy groups -OCH3 is 3. The van der Waals surface area contributed by atoms with Crippen molar-refractivity contribution >= 4 is 62.0 Å². The summed E-state index contributed by atoms with van der Waals surface area (Å²) in [5.41, 5.74) is 14.1. The molecule has 2 aromatic heterocycles. The molecule has 4 N–H and O–H groups in total. The van der Waals surface area contributed by atoms with Crippen LogP contribution in [0.5, 0.6) is 17.2 Å². The number of nitriles is 1. The second kappa shape index (κ2) is 9.50. The van der Waals surface area contributed by atoms with E-state index in [-0.39, 0.29) is 32.8 Å². The Bertz CT molecular complexity index is 1520. The molecule has 35 heavy (non-hydrogen) atoms. The molecule has 0 amide bonds. The molecule has 0 atom stereocenters. The van der Waals surface area contributed by atoms with E-state index >= 15 is 0 Å². The Kier molecular flexibility index (Phi) is 6.63. The van der Waals surface area contributed by atoms with Crippen molar-refractivity contribution in [2.24, 2.45) is 0 Å². The van der Waals surface area contributed by atoms with E-state index in [0.717, 1.165) is 11.3 Å². The molecule has 8 nitrogen and oxygen atoms in total. The van der Waals surface area contributed by atoms with Gasteiger partial charge in [-0.2, -0.15) is 5.26 Å². The first-order valence-electron chi connectivity index (χ1n) is 9.97. The molecule has 4 aromatic rings. The Labute approximate surface area is 214 Å². The molecule has 4 rings (SSSR count). The van der Waals surface area contributed by atoms with Gasteiger partial charge in [0.25, 0.3) is 0 Å². The van der Waals surface area contributed by atoms with Crippen LogP contribution in [0.4, 0.5) is 11.5 Å². The van der Waals surface area contributed by atoms with Crippen molar-refractivity contribution in [3.63, 3.8) is 0 Å². The number of fused-ring (bicyclic) bond motifs is 1. The van der Waals surface area contributed by atoms with Gasteiger partial charge in [-0.05, 0) is 35.9 Å². The normalized spacial score (nSPS) is 10.7. The number of thiophene rings is 1. The number of nitrogen functional groups attached to an aromatic ring is 2. The van der Waals surface area contributed by atoms with Crippen LogP contribution in [-0.2, 0) is 0 Å². The number of ketones is 1. The van der Waals surface area contributed by atoms with Crippen LogP contribution in [0.25, 0.3) is 21.3 Å². The van der Waals surface area contributed by atoms with Crippen molar-refractivity contribution in [2.45, 2.75) is 0 Å². The van der Waals surface area contributed by atoms with E-state index in [1.54, 1.807) is 18.2 Å². The number of nitrogens with two attached hydrogens (primary N) is 2. The number of benzene rings is 2. The van der Waals surface area contributed by atoms with Crippen LogP contribution in [0, 0.1) is 11.3 Å². The first kappa shape index (κ1) is 24.4. The van der Waals surface area contributed by atoms with Crippen LogP contribution < -0.4 is 25.7 Å². The molecule has 2 heterocycles. The zero-order valence-electron chi connectivity index (χ0n) is 18.7. The van der Waals surface area contributed by atoms with E-state index in [1.165, 1.54) is 33.5 Å². The van der Waals surface area contributed by atoms with Gasteiger partial charge in [-0.1, -0.05) is 23.2 Å². The second-order valence-electron chi connectivity index (χ2n) is 7.26. The number of ether oxygens (including phenoxy) is 3. The fraction of sp³-hybridized carbons (Fsp3) is 0.125. The molecule has 0 unspecified atom stereocenters. The highest BCUT2D eigenvalue weighted by Crippen LogP contribution is 2.47. The highest BCUT2D eigenvalue weighted by atomic mass is 35.5. The molecule has 0 saturated carbocycles. The minimum absolute atomic E-state index is 0.00135. The lowest BCUT2D eigenvalue weighted by molar-refractivity contribution is 0.104. The van der Waals surface area contributed by atoms with Crippen LogP contribution >= 0.6 is 34.5 Å². The van der Waals surface area contributed by atoms with Crippen LogP contribution in [-0.4, -0.2) is 32.1 Å². The summed E-state index contributed by atoms with van der Waals surface area (Å²) in [6.45, 7) is 0. The SMILES string of the molecule is COc1cc(-c2c(C#N)c(N)nc3sc(C(=O)c4ccc(Cl)c(Cl)c4)c(N)c23)cc(OC)c1OC. The number of halogens is 2. The molecule has 0 saturated heterocycles. The minimum Gasteiger partial charge on any atom is -0.493 e. The van der Waals surface area contributed by atoms with E-state index in [0.29, 0.717) is 49.2 Å². The van der Waals surface area contributed by atoms with Gasteiger partial charge in [0.05, 0.1) is 37.1 Å². The third-order valence-corrected chi connectivity index (χ3v) is 7.20. The van der Waals surface area contributed by atoms with Crippen molar-refractivity contribution in [3.05, 3.63) is 56.4 Å². The van der Waals surface area contributed by atoms with E-state index in [9.17, 15) is 10.1 Å². The lowest BCUT2D eigenvalue weighted by Gasteiger charge is -2.16. The summed E-state index contributed by atoms with van der Waals surface area (Å²) in [5.74, 6) is 0.755. The Morgan fingerprint density at radius 1 is 1.03 bits per heavy atom. The summed E-state index contributed by atoms with van der Waals surface area (Å²) in [4.78, 5) is 18.3. The molecule has 11 heteroatoms. The van der Waals surface area contributed by atoms with E-state index < -0.39 is 0 Å². The van der Waals surface area contributed by atoms with Gasteiger partial charge >= 0.3 is 0 Å².